The molecule has 7 heteroatoms. The number of pyridine rings is 1. The van der Waals surface area contributed by atoms with E-state index in [0.29, 0.717) is 5.69 Å². The van der Waals surface area contributed by atoms with Gasteiger partial charge in [0.05, 0.1) is 17.0 Å². The van der Waals surface area contributed by atoms with E-state index in [9.17, 15) is 4.79 Å². The molecule has 0 spiro atoms. The standard InChI is InChI=1S/C19H19N5O2/c1-9-10(2)22-23-18(9)16(25)6-13-5-14-7-15(21-19(14)20-8-13)17-11(3)24-26-12(17)4/h5,7-8H,6H2,1-4H3,(H,20,21)(H,22,23). The molecule has 0 saturated carbocycles. The third-order valence-corrected chi connectivity index (χ3v) is 4.71. The van der Waals surface area contributed by atoms with E-state index in [-0.39, 0.29) is 12.2 Å². The fourth-order valence-corrected chi connectivity index (χ4v) is 3.19. The molecule has 0 radical (unpaired) electrons. The Morgan fingerprint density at radius 3 is 2.65 bits per heavy atom. The third kappa shape index (κ3) is 2.61. The summed E-state index contributed by atoms with van der Waals surface area (Å²) in [6.45, 7) is 7.59. The number of nitrogens with one attached hydrogen (secondary N) is 2. The number of rotatable bonds is 4. The summed E-state index contributed by atoms with van der Waals surface area (Å²) in [6.07, 6.45) is 1.99. The van der Waals surface area contributed by atoms with Gasteiger partial charge in [-0.15, -0.1) is 0 Å². The van der Waals surface area contributed by atoms with Crippen molar-refractivity contribution < 1.29 is 9.32 Å². The van der Waals surface area contributed by atoms with Crippen molar-refractivity contribution in [3.63, 3.8) is 0 Å². The van der Waals surface area contributed by atoms with Crippen molar-refractivity contribution in [1.29, 1.82) is 0 Å². The summed E-state index contributed by atoms with van der Waals surface area (Å²) in [5.41, 5.74) is 6.61. The Morgan fingerprint density at radius 1 is 1.19 bits per heavy atom. The van der Waals surface area contributed by atoms with Crippen LogP contribution in [0.2, 0.25) is 0 Å². The van der Waals surface area contributed by atoms with Gasteiger partial charge in [-0.05, 0) is 45.4 Å². The van der Waals surface area contributed by atoms with Crippen molar-refractivity contribution in [2.75, 3.05) is 0 Å². The Balaban J connectivity index is 1.66. The zero-order chi connectivity index (χ0) is 18.4. The number of nitrogens with zero attached hydrogens (tertiary/aromatic N) is 3. The molecule has 26 heavy (non-hydrogen) atoms. The number of fused-ring (bicyclic) bond motifs is 1. The van der Waals surface area contributed by atoms with Gasteiger partial charge < -0.3 is 9.51 Å². The lowest BCUT2D eigenvalue weighted by molar-refractivity contribution is 0.0987. The van der Waals surface area contributed by atoms with Crippen molar-refractivity contribution in [1.82, 2.24) is 25.3 Å². The van der Waals surface area contributed by atoms with Gasteiger partial charge >= 0.3 is 0 Å². The van der Waals surface area contributed by atoms with E-state index < -0.39 is 0 Å². The van der Waals surface area contributed by atoms with Crippen LogP contribution in [0, 0.1) is 27.7 Å². The molecule has 7 nitrogen and oxygen atoms in total. The van der Waals surface area contributed by atoms with Crippen molar-refractivity contribution in [2.45, 2.75) is 34.1 Å². The molecule has 0 unspecified atom stereocenters. The number of Topliss-reactive ketones (excluding diaryl/α,β-unsaturated/α-hetero) is 1. The van der Waals surface area contributed by atoms with Gasteiger partial charge in [-0.1, -0.05) is 5.16 Å². The van der Waals surface area contributed by atoms with Crippen molar-refractivity contribution in [3.05, 3.63) is 52.3 Å². The molecule has 0 aromatic carbocycles. The molecule has 0 bridgehead atoms. The van der Waals surface area contributed by atoms with Crippen molar-refractivity contribution in [3.8, 4) is 11.3 Å². The van der Waals surface area contributed by atoms with Gasteiger partial charge in [-0.3, -0.25) is 9.89 Å². The topological polar surface area (TPSA) is 100 Å². The van der Waals surface area contributed by atoms with Gasteiger partial charge in [0.25, 0.3) is 0 Å². The Labute approximate surface area is 149 Å². The van der Waals surface area contributed by atoms with E-state index in [2.05, 4.69) is 25.3 Å². The minimum atomic E-state index is -0.0190. The van der Waals surface area contributed by atoms with Gasteiger partial charge in [0.1, 0.15) is 17.1 Å². The van der Waals surface area contributed by atoms with E-state index in [0.717, 1.165) is 50.6 Å². The van der Waals surface area contributed by atoms with Gasteiger partial charge in [0.2, 0.25) is 0 Å². The van der Waals surface area contributed by atoms with E-state index in [4.69, 9.17) is 4.52 Å². The molecular formula is C19H19N5O2. The van der Waals surface area contributed by atoms with Gasteiger partial charge in [-0.25, -0.2) is 4.98 Å². The number of aromatic nitrogens is 5. The van der Waals surface area contributed by atoms with Gasteiger partial charge in [0, 0.05) is 29.3 Å². The fraction of sp³-hybridized carbons (Fsp3) is 0.263. The summed E-state index contributed by atoms with van der Waals surface area (Å²) >= 11 is 0. The molecular weight excluding hydrogens is 330 g/mol. The summed E-state index contributed by atoms with van der Waals surface area (Å²) in [7, 11) is 0. The lowest BCUT2D eigenvalue weighted by Gasteiger charge is -2.00. The molecule has 0 fully saturated rings. The number of carbonyl (C=O) groups is 1. The summed E-state index contributed by atoms with van der Waals surface area (Å²) in [5.74, 6) is 0.739. The van der Waals surface area contributed by atoms with Gasteiger partial charge in [-0.2, -0.15) is 5.10 Å². The van der Waals surface area contributed by atoms with Gasteiger partial charge in [0.15, 0.2) is 5.78 Å². The molecule has 4 aromatic rings. The molecule has 0 aliphatic rings. The average molecular weight is 349 g/mol. The minimum absolute atomic E-state index is 0.0190. The number of H-pyrrole nitrogens is 2. The zero-order valence-electron chi connectivity index (χ0n) is 15.1. The number of hydrogen-bond donors (Lipinski definition) is 2. The summed E-state index contributed by atoms with van der Waals surface area (Å²) in [5, 5.41) is 11.9. The molecule has 0 atom stereocenters. The second-order valence-corrected chi connectivity index (χ2v) is 6.59. The maximum atomic E-state index is 12.5. The van der Waals surface area contributed by atoms with E-state index in [1.54, 1.807) is 6.20 Å². The number of aromatic amines is 2. The van der Waals surface area contributed by atoms with Crippen molar-refractivity contribution >= 4 is 16.8 Å². The van der Waals surface area contributed by atoms with Crippen LogP contribution in [0.3, 0.4) is 0 Å². The quantitative estimate of drug-likeness (QED) is 0.548. The average Bonchev–Trinajstić information content (AvgIpc) is 3.26. The lowest BCUT2D eigenvalue weighted by atomic mass is 10.0. The molecule has 0 aliphatic carbocycles. The highest BCUT2D eigenvalue weighted by Gasteiger charge is 2.17. The second-order valence-electron chi connectivity index (χ2n) is 6.59. The molecule has 2 N–H and O–H groups in total. The number of hydrogen-bond acceptors (Lipinski definition) is 5. The van der Waals surface area contributed by atoms with E-state index >= 15 is 0 Å². The highest BCUT2D eigenvalue weighted by atomic mass is 16.5. The lowest BCUT2D eigenvalue weighted by Crippen LogP contribution is -2.06. The first-order chi connectivity index (χ1) is 12.4. The molecule has 0 amide bonds. The van der Waals surface area contributed by atoms with Crippen LogP contribution in [-0.2, 0) is 6.42 Å². The Hall–Kier alpha value is -3.22. The SMILES string of the molecule is Cc1noc(C)c1-c1cc2cc(CC(=O)c3n[nH]c(C)c3C)cnc2[nH]1. The fourth-order valence-electron chi connectivity index (χ4n) is 3.19. The Bertz CT molecular complexity index is 1110. The summed E-state index contributed by atoms with van der Waals surface area (Å²) in [4.78, 5) is 20.3. The largest absolute Gasteiger partial charge is 0.361 e. The molecule has 4 heterocycles. The maximum absolute atomic E-state index is 12.5. The van der Waals surface area contributed by atoms with Crippen LogP contribution in [0.25, 0.3) is 22.3 Å². The first-order valence-corrected chi connectivity index (χ1v) is 8.39. The minimum Gasteiger partial charge on any atom is -0.361 e. The first kappa shape index (κ1) is 16.3. The van der Waals surface area contributed by atoms with Crippen LogP contribution in [0.15, 0.2) is 22.9 Å². The number of aryl methyl sites for hydroxylation is 3. The van der Waals surface area contributed by atoms with Crippen LogP contribution in [0.1, 0.15) is 38.8 Å². The third-order valence-electron chi connectivity index (χ3n) is 4.71. The molecule has 132 valence electrons. The maximum Gasteiger partial charge on any atom is 0.187 e. The highest BCUT2D eigenvalue weighted by molar-refractivity contribution is 5.97. The highest BCUT2D eigenvalue weighted by Crippen LogP contribution is 2.29. The Kier molecular flexibility index (Phi) is 3.72. The predicted octanol–water partition coefficient (Wildman–Crippen LogP) is 3.60. The van der Waals surface area contributed by atoms with Crippen LogP contribution >= 0.6 is 0 Å². The van der Waals surface area contributed by atoms with Crippen LogP contribution in [0.5, 0.6) is 0 Å². The first-order valence-electron chi connectivity index (χ1n) is 8.39. The number of carbonyl (C=O) groups excluding carboxylic acids is 1. The molecule has 0 aliphatic heterocycles. The smallest absolute Gasteiger partial charge is 0.187 e. The van der Waals surface area contributed by atoms with E-state index in [1.807, 2.05) is 39.8 Å². The zero-order valence-corrected chi connectivity index (χ0v) is 15.1. The monoisotopic (exact) mass is 349 g/mol. The molecule has 4 aromatic heterocycles. The normalized spacial score (nSPS) is 11.4. The second kappa shape index (κ2) is 5.94. The molecule has 4 rings (SSSR count). The van der Waals surface area contributed by atoms with Crippen LogP contribution in [0.4, 0.5) is 0 Å². The number of ketones is 1. The van der Waals surface area contributed by atoms with Crippen LogP contribution in [-0.4, -0.2) is 31.1 Å². The van der Waals surface area contributed by atoms with Crippen molar-refractivity contribution in [2.24, 2.45) is 0 Å². The van der Waals surface area contributed by atoms with E-state index in [1.165, 1.54) is 0 Å². The van der Waals surface area contributed by atoms with Crippen LogP contribution < -0.4 is 0 Å². The molecule has 0 saturated heterocycles. The summed E-state index contributed by atoms with van der Waals surface area (Å²) in [6, 6.07) is 3.99. The predicted molar refractivity (Wildman–Crippen MR) is 97.2 cm³/mol. The summed E-state index contributed by atoms with van der Waals surface area (Å²) < 4.78 is 5.24. The Morgan fingerprint density at radius 2 is 2.00 bits per heavy atom.